The number of aromatic amines is 1. The predicted molar refractivity (Wildman–Crippen MR) is 157 cm³/mol. The number of aliphatic hydroxyl groups excluding tert-OH is 1. The number of aromatic nitrogens is 2. The number of nitrogens with one attached hydrogen (secondary N) is 1. The van der Waals surface area contributed by atoms with Crippen LogP contribution in [0.25, 0.3) is 16.8 Å². The van der Waals surface area contributed by atoms with Gasteiger partial charge >= 0.3 is 5.91 Å². The highest BCUT2D eigenvalue weighted by Crippen LogP contribution is 2.44. The van der Waals surface area contributed by atoms with Crippen molar-refractivity contribution < 1.29 is 29.3 Å². The Morgan fingerprint density at radius 3 is 2.44 bits per heavy atom. The number of aromatic hydroxyl groups is 1. The number of hydrogen-bond acceptors (Lipinski definition) is 7. The molecule has 0 bridgehead atoms. The smallest absolute Gasteiger partial charge is 0.302 e. The number of fused-ring (bicyclic) bond motifs is 1. The minimum atomic E-state index is -1.05. The highest BCUT2D eigenvalue weighted by Gasteiger charge is 2.48. The van der Waals surface area contributed by atoms with Crippen LogP contribution in [-0.2, 0) is 9.59 Å². The average molecular weight is 556 g/mol. The molecule has 1 saturated heterocycles. The SMILES string of the molecule is CCOc1cc(C2/C(=C(\O)c3ccc(OCC)c(C(C)C)c3)C(=O)C(=O)N2c2nc3ccc(C)cc3[nH]2)ccc1O. The summed E-state index contributed by atoms with van der Waals surface area (Å²) in [4.78, 5) is 36.3. The van der Waals surface area contributed by atoms with Gasteiger partial charge < -0.3 is 24.7 Å². The van der Waals surface area contributed by atoms with E-state index in [4.69, 9.17) is 9.47 Å². The number of carbonyl (C=O) groups is 2. The van der Waals surface area contributed by atoms with E-state index >= 15 is 0 Å². The van der Waals surface area contributed by atoms with E-state index in [2.05, 4.69) is 9.97 Å². The zero-order valence-corrected chi connectivity index (χ0v) is 23.7. The standard InChI is InChI=1S/C32H33N3O6/c1-6-40-25-13-10-20(15-21(25)17(3)4)29(37)27-28(19-9-12-24(36)26(16-19)41-7-2)35(31(39)30(27)38)32-33-22-11-8-18(5)14-23(22)34-32/h8-17,28,36-37H,6-7H2,1-5H3,(H,33,34)/b29-27+. The summed E-state index contributed by atoms with van der Waals surface area (Å²) in [6.07, 6.45) is 0. The summed E-state index contributed by atoms with van der Waals surface area (Å²) < 4.78 is 11.4. The number of amides is 1. The van der Waals surface area contributed by atoms with Gasteiger partial charge in [-0.15, -0.1) is 0 Å². The van der Waals surface area contributed by atoms with E-state index in [1.807, 2.05) is 45.9 Å². The molecule has 212 valence electrons. The molecule has 9 nitrogen and oxygen atoms in total. The number of aliphatic hydroxyl groups is 1. The predicted octanol–water partition coefficient (Wildman–Crippen LogP) is 6.12. The maximum absolute atomic E-state index is 13.7. The molecule has 1 atom stereocenters. The second-order valence-corrected chi connectivity index (χ2v) is 10.3. The van der Waals surface area contributed by atoms with E-state index in [0.29, 0.717) is 41.1 Å². The van der Waals surface area contributed by atoms with Gasteiger partial charge in [-0.05, 0) is 85.8 Å². The Labute approximate surface area is 238 Å². The lowest BCUT2D eigenvalue weighted by atomic mass is 9.93. The minimum Gasteiger partial charge on any atom is -0.507 e. The third-order valence-electron chi connectivity index (χ3n) is 7.10. The van der Waals surface area contributed by atoms with Gasteiger partial charge in [-0.2, -0.15) is 0 Å². The highest BCUT2D eigenvalue weighted by atomic mass is 16.5. The van der Waals surface area contributed by atoms with E-state index in [0.717, 1.165) is 11.1 Å². The van der Waals surface area contributed by atoms with Crippen molar-refractivity contribution >= 4 is 34.4 Å². The van der Waals surface area contributed by atoms with Gasteiger partial charge in [-0.1, -0.05) is 26.0 Å². The number of hydrogen-bond donors (Lipinski definition) is 3. The Morgan fingerprint density at radius 2 is 1.73 bits per heavy atom. The first-order valence-electron chi connectivity index (χ1n) is 13.6. The molecule has 0 spiro atoms. The zero-order valence-electron chi connectivity index (χ0n) is 23.7. The lowest BCUT2D eigenvalue weighted by Crippen LogP contribution is -2.30. The van der Waals surface area contributed by atoms with E-state index < -0.39 is 17.7 Å². The maximum atomic E-state index is 13.7. The van der Waals surface area contributed by atoms with Gasteiger partial charge in [0.2, 0.25) is 5.95 Å². The first-order valence-corrected chi connectivity index (χ1v) is 13.6. The molecule has 1 aromatic heterocycles. The molecule has 1 unspecified atom stereocenters. The summed E-state index contributed by atoms with van der Waals surface area (Å²) in [5, 5.41) is 22.0. The Kier molecular flexibility index (Phi) is 7.45. The number of aryl methyl sites for hydroxylation is 1. The number of H-pyrrole nitrogens is 1. The number of Topliss-reactive ketones (excluding diaryl/α,β-unsaturated/α-hetero) is 1. The zero-order chi connectivity index (χ0) is 29.4. The summed E-state index contributed by atoms with van der Waals surface area (Å²) in [6, 6.07) is 14.4. The van der Waals surface area contributed by atoms with Crippen molar-refractivity contribution in [1.29, 1.82) is 0 Å². The normalized spacial score (nSPS) is 16.6. The van der Waals surface area contributed by atoms with Crippen LogP contribution in [0.15, 0.2) is 60.2 Å². The monoisotopic (exact) mass is 555 g/mol. The number of phenols is 1. The van der Waals surface area contributed by atoms with Crippen molar-refractivity contribution in [2.24, 2.45) is 0 Å². The summed E-state index contributed by atoms with van der Waals surface area (Å²) in [5.74, 6) is -0.973. The van der Waals surface area contributed by atoms with Crippen LogP contribution in [0, 0.1) is 6.92 Å². The molecular weight excluding hydrogens is 522 g/mol. The Balaban J connectivity index is 1.73. The van der Waals surface area contributed by atoms with Crippen LogP contribution >= 0.6 is 0 Å². The molecule has 3 aromatic carbocycles. The van der Waals surface area contributed by atoms with Gasteiger partial charge in [0.05, 0.1) is 35.9 Å². The number of nitrogens with zero attached hydrogens (tertiary/aromatic N) is 2. The molecular formula is C32H33N3O6. The Morgan fingerprint density at radius 1 is 1.00 bits per heavy atom. The van der Waals surface area contributed by atoms with E-state index in [1.165, 1.54) is 11.0 Å². The molecule has 0 radical (unpaired) electrons. The molecule has 0 saturated carbocycles. The molecule has 2 heterocycles. The number of ketones is 1. The van der Waals surface area contributed by atoms with E-state index in [9.17, 15) is 19.8 Å². The number of ether oxygens (including phenoxy) is 2. The lowest BCUT2D eigenvalue weighted by Gasteiger charge is -2.24. The Hall–Kier alpha value is -4.79. The number of rotatable bonds is 8. The molecule has 0 aliphatic carbocycles. The molecule has 1 amide bonds. The third-order valence-corrected chi connectivity index (χ3v) is 7.10. The van der Waals surface area contributed by atoms with Gasteiger partial charge in [-0.3, -0.25) is 14.5 Å². The van der Waals surface area contributed by atoms with Crippen molar-refractivity contribution in [3.8, 4) is 17.2 Å². The van der Waals surface area contributed by atoms with Crippen LogP contribution in [0.1, 0.15) is 61.9 Å². The fraction of sp³-hybridized carbons (Fsp3) is 0.281. The number of carbonyl (C=O) groups excluding carboxylic acids is 2. The molecule has 3 N–H and O–H groups in total. The topological polar surface area (TPSA) is 125 Å². The molecule has 1 aliphatic heterocycles. The molecule has 5 rings (SSSR count). The van der Waals surface area contributed by atoms with Crippen molar-refractivity contribution in [3.63, 3.8) is 0 Å². The number of imidazole rings is 1. The highest BCUT2D eigenvalue weighted by molar-refractivity contribution is 6.51. The summed E-state index contributed by atoms with van der Waals surface area (Å²) in [5.41, 5.74) is 3.93. The number of benzene rings is 3. The molecule has 41 heavy (non-hydrogen) atoms. The van der Waals surface area contributed by atoms with Crippen LogP contribution < -0.4 is 14.4 Å². The molecule has 4 aromatic rings. The van der Waals surface area contributed by atoms with Gasteiger partial charge in [0.15, 0.2) is 11.5 Å². The summed E-state index contributed by atoms with van der Waals surface area (Å²) >= 11 is 0. The van der Waals surface area contributed by atoms with E-state index in [-0.39, 0.29) is 34.7 Å². The van der Waals surface area contributed by atoms with Crippen LogP contribution in [-0.4, -0.2) is 45.1 Å². The quantitative estimate of drug-likeness (QED) is 0.136. The van der Waals surface area contributed by atoms with Gasteiger partial charge in [-0.25, -0.2) is 4.98 Å². The first-order chi connectivity index (χ1) is 19.6. The summed E-state index contributed by atoms with van der Waals surface area (Å²) in [6.45, 7) is 10.4. The van der Waals surface area contributed by atoms with Gasteiger partial charge in [0.1, 0.15) is 11.5 Å². The second-order valence-electron chi connectivity index (χ2n) is 10.3. The number of phenolic OH excluding ortho intramolecular Hbond substituents is 1. The van der Waals surface area contributed by atoms with Crippen molar-refractivity contribution in [1.82, 2.24) is 9.97 Å². The van der Waals surface area contributed by atoms with Gasteiger partial charge in [0, 0.05) is 5.56 Å². The number of anilines is 1. The summed E-state index contributed by atoms with van der Waals surface area (Å²) in [7, 11) is 0. The fourth-order valence-electron chi connectivity index (χ4n) is 5.15. The maximum Gasteiger partial charge on any atom is 0.302 e. The van der Waals surface area contributed by atoms with Crippen molar-refractivity contribution in [3.05, 3.63) is 82.4 Å². The first kappa shape index (κ1) is 27.8. The third kappa shape index (κ3) is 4.99. The second kappa shape index (κ2) is 11.0. The van der Waals surface area contributed by atoms with Crippen molar-refractivity contribution in [2.75, 3.05) is 18.1 Å². The lowest BCUT2D eigenvalue weighted by molar-refractivity contribution is -0.132. The molecule has 9 heteroatoms. The fourth-order valence-corrected chi connectivity index (χ4v) is 5.15. The average Bonchev–Trinajstić information content (AvgIpc) is 3.47. The van der Waals surface area contributed by atoms with Gasteiger partial charge in [0.25, 0.3) is 5.78 Å². The molecule has 1 fully saturated rings. The van der Waals surface area contributed by atoms with Crippen LogP contribution in [0.3, 0.4) is 0 Å². The Bertz CT molecular complexity index is 1690. The van der Waals surface area contributed by atoms with E-state index in [1.54, 1.807) is 37.3 Å². The van der Waals surface area contributed by atoms with Crippen LogP contribution in [0.4, 0.5) is 5.95 Å². The largest absolute Gasteiger partial charge is 0.507 e. The minimum absolute atomic E-state index is 0.0763. The van der Waals surface area contributed by atoms with Crippen LogP contribution in [0.2, 0.25) is 0 Å². The van der Waals surface area contributed by atoms with Crippen LogP contribution in [0.5, 0.6) is 17.2 Å². The van der Waals surface area contributed by atoms with Crippen molar-refractivity contribution in [2.45, 2.75) is 46.6 Å². The molecule has 1 aliphatic rings.